The number of anilines is 1. The molecule has 1 atom stereocenters. The van der Waals surface area contributed by atoms with E-state index in [1.54, 1.807) is 0 Å². The highest BCUT2D eigenvalue weighted by Crippen LogP contribution is 2.18. The van der Waals surface area contributed by atoms with E-state index in [0.717, 1.165) is 28.6 Å². The quantitative estimate of drug-likeness (QED) is 0.879. The second-order valence-electron chi connectivity index (χ2n) is 5.26. The van der Waals surface area contributed by atoms with Crippen LogP contribution in [-0.4, -0.2) is 34.8 Å². The standard InChI is InChI=1S/C15H15N5O2S/c1-8-3-4-9(2)11(5-8)17-12(21)7-23-15-18-13-10(6-16-20-13)14(22)19-15/h3-6,10H,7H2,1-2H3,(H,17,21)(H,18,19,20,22). The lowest BCUT2D eigenvalue weighted by Crippen LogP contribution is -2.42. The van der Waals surface area contributed by atoms with Gasteiger partial charge in [0.1, 0.15) is 5.92 Å². The average molecular weight is 329 g/mol. The first-order valence-corrected chi connectivity index (χ1v) is 8.02. The monoisotopic (exact) mass is 329 g/mol. The molecule has 0 aromatic heterocycles. The number of aliphatic imine (C=N–C) groups is 1. The maximum absolute atomic E-state index is 12.1. The number of hydrogen-bond acceptors (Lipinski definition) is 6. The average Bonchev–Trinajstić information content (AvgIpc) is 2.98. The van der Waals surface area contributed by atoms with Crippen molar-refractivity contribution in [1.29, 1.82) is 0 Å². The Morgan fingerprint density at radius 2 is 2.22 bits per heavy atom. The molecule has 0 saturated carbocycles. The number of carbonyl (C=O) groups excluding carboxylic acids is 2. The zero-order valence-electron chi connectivity index (χ0n) is 12.7. The summed E-state index contributed by atoms with van der Waals surface area (Å²) in [4.78, 5) is 28.1. The predicted molar refractivity (Wildman–Crippen MR) is 92.0 cm³/mol. The van der Waals surface area contributed by atoms with E-state index in [2.05, 4.69) is 25.8 Å². The van der Waals surface area contributed by atoms with Crippen LogP contribution in [-0.2, 0) is 9.59 Å². The van der Waals surface area contributed by atoms with Crippen LogP contribution in [0.2, 0.25) is 0 Å². The molecule has 0 bridgehead atoms. The van der Waals surface area contributed by atoms with Crippen LogP contribution in [0, 0.1) is 19.8 Å². The molecule has 2 N–H and O–H groups in total. The predicted octanol–water partition coefficient (Wildman–Crippen LogP) is 1.48. The molecular formula is C15H15N5O2S. The van der Waals surface area contributed by atoms with Gasteiger partial charge in [0.2, 0.25) is 11.8 Å². The summed E-state index contributed by atoms with van der Waals surface area (Å²) in [5.41, 5.74) is 2.86. The maximum Gasteiger partial charge on any atom is 0.242 e. The van der Waals surface area contributed by atoms with Gasteiger partial charge in [-0.1, -0.05) is 23.9 Å². The van der Waals surface area contributed by atoms with Gasteiger partial charge >= 0.3 is 0 Å². The molecule has 3 rings (SSSR count). The van der Waals surface area contributed by atoms with E-state index in [9.17, 15) is 9.59 Å². The molecule has 1 aromatic carbocycles. The van der Waals surface area contributed by atoms with E-state index in [1.807, 2.05) is 32.0 Å². The molecule has 2 amide bonds. The minimum Gasteiger partial charge on any atom is -0.325 e. The first-order chi connectivity index (χ1) is 11.0. The van der Waals surface area contributed by atoms with Gasteiger partial charge in [-0.3, -0.25) is 9.59 Å². The molecule has 1 unspecified atom stereocenters. The number of nitrogens with one attached hydrogen (secondary N) is 2. The van der Waals surface area contributed by atoms with Crippen LogP contribution in [0.4, 0.5) is 5.69 Å². The van der Waals surface area contributed by atoms with Crippen LogP contribution in [0.3, 0.4) is 0 Å². The molecule has 0 saturated heterocycles. The molecule has 118 valence electrons. The van der Waals surface area contributed by atoms with Crippen molar-refractivity contribution in [3.05, 3.63) is 29.3 Å². The number of fused-ring (bicyclic) bond motifs is 1. The van der Waals surface area contributed by atoms with Crippen molar-refractivity contribution >= 4 is 46.5 Å². The van der Waals surface area contributed by atoms with E-state index in [-0.39, 0.29) is 17.6 Å². The summed E-state index contributed by atoms with van der Waals surface area (Å²) in [5, 5.41) is 13.4. The van der Waals surface area contributed by atoms with Crippen LogP contribution in [0.1, 0.15) is 11.1 Å². The Morgan fingerprint density at radius 1 is 1.39 bits per heavy atom. The lowest BCUT2D eigenvalue weighted by atomic mass is 10.1. The summed E-state index contributed by atoms with van der Waals surface area (Å²) in [7, 11) is 0. The van der Waals surface area contributed by atoms with Crippen LogP contribution in [0.15, 0.2) is 33.4 Å². The van der Waals surface area contributed by atoms with Gasteiger partial charge in [0.05, 0.1) is 5.75 Å². The van der Waals surface area contributed by atoms with Crippen molar-refractivity contribution in [3.8, 4) is 0 Å². The third-order valence-corrected chi connectivity index (χ3v) is 4.26. The summed E-state index contributed by atoms with van der Waals surface area (Å²) >= 11 is 1.16. The Hall–Kier alpha value is -2.48. The number of thioether (sulfide) groups is 1. The van der Waals surface area contributed by atoms with Gasteiger partial charge in [-0.05, 0) is 31.0 Å². The van der Waals surface area contributed by atoms with Crippen LogP contribution < -0.4 is 10.6 Å². The second kappa shape index (κ2) is 6.33. The fourth-order valence-electron chi connectivity index (χ4n) is 2.14. The number of amidine groups is 2. The molecule has 0 spiro atoms. The third kappa shape index (κ3) is 3.48. The molecule has 2 aliphatic heterocycles. The van der Waals surface area contributed by atoms with Gasteiger partial charge < -0.3 is 10.6 Å². The summed E-state index contributed by atoms with van der Waals surface area (Å²) in [6.45, 7) is 3.91. The number of aryl methyl sites for hydroxylation is 2. The first-order valence-electron chi connectivity index (χ1n) is 7.03. The molecule has 0 aliphatic carbocycles. The maximum atomic E-state index is 12.1. The Kier molecular flexibility index (Phi) is 4.24. The Morgan fingerprint density at radius 3 is 3.04 bits per heavy atom. The molecule has 2 heterocycles. The van der Waals surface area contributed by atoms with Crippen LogP contribution in [0.25, 0.3) is 0 Å². The minimum absolute atomic E-state index is 0.144. The molecule has 23 heavy (non-hydrogen) atoms. The lowest BCUT2D eigenvalue weighted by Gasteiger charge is -2.16. The van der Waals surface area contributed by atoms with Gasteiger partial charge in [-0.25, -0.2) is 4.99 Å². The van der Waals surface area contributed by atoms with Gasteiger partial charge in [0.15, 0.2) is 11.0 Å². The largest absolute Gasteiger partial charge is 0.325 e. The summed E-state index contributed by atoms with van der Waals surface area (Å²) in [6, 6.07) is 5.88. The fraction of sp³-hybridized carbons (Fsp3) is 0.267. The summed E-state index contributed by atoms with van der Waals surface area (Å²) in [5.74, 6) is -0.384. The number of rotatable bonds is 3. The molecule has 1 aromatic rings. The minimum atomic E-state index is -0.511. The van der Waals surface area contributed by atoms with Crippen LogP contribution in [0.5, 0.6) is 0 Å². The van der Waals surface area contributed by atoms with Crippen molar-refractivity contribution in [3.63, 3.8) is 0 Å². The number of carbonyl (C=O) groups is 2. The van der Waals surface area contributed by atoms with Crippen molar-refractivity contribution in [1.82, 2.24) is 5.32 Å². The topological polar surface area (TPSA) is 95.3 Å². The van der Waals surface area contributed by atoms with Gasteiger partial charge in [0, 0.05) is 11.9 Å². The van der Waals surface area contributed by atoms with E-state index in [1.165, 1.54) is 6.21 Å². The Bertz CT molecular complexity index is 769. The normalized spacial score (nSPS) is 18.9. The highest BCUT2D eigenvalue weighted by atomic mass is 32.2. The van der Waals surface area contributed by atoms with Crippen molar-refractivity contribution in [2.24, 2.45) is 21.1 Å². The summed E-state index contributed by atoms with van der Waals surface area (Å²) < 4.78 is 0. The molecule has 2 aliphatic rings. The first kappa shape index (κ1) is 15.4. The number of benzene rings is 1. The highest BCUT2D eigenvalue weighted by Gasteiger charge is 2.31. The molecule has 8 heteroatoms. The highest BCUT2D eigenvalue weighted by molar-refractivity contribution is 8.14. The molecule has 0 radical (unpaired) electrons. The third-order valence-electron chi connectivity index (χ3n) is 3.39. The zero-order valence-corrected chi connectivity index (χ0v) is 13.5. The molecule has 0 fully saturated rings. The fourth-order valence-corrected chi connectivity index (χ4v) is 2.81. The van der Waals surface area contributed by atoms with Crippen molar-refractivity contribution in [2.45, 2.75) is 13.8 Å². The number of nitrogens with zero attached hydrogens (tertiary/aromatic N) is 3. The Balaban J connectivity index is 1.59. The number of hydrogen-bond donors (Lipinski definition) is 2. The molecule has 7 nitrogen and oxygen atoms in total. The summed E-state index contributed by atoms with van der Waals surface area (Å²) in [6.07, 6.45) is 1.45. The second-order valence-corrected chi connectivity index (χ2v) is 6.23. The van der Waals surface area contributed by atoms with E-state index in [0.29, 0.717) is 11.0 Å². The SMILES string of the molecule is Cc1ccc(C)c(NC(=O)CSC2=NC3=NN=CC3C(=O)N2)c1. The van der Waals surface area contributed by atoms with Crippen molar-refractivity contribution < 1.29 is 9.59 Å². The van der Waals surface area contributed by atoms with E-state index < -0.39 is 5.92 Å². The van der Waals surface area contributed by atoms with E-state index in [4.69, 9.17) is 0 Å². The molecular weight excluding hydrogens is 314 g/mol. The zero-order chi connectivity index (χ0) is 16.4. The van der Waals surface area contributed by atoms with Gasteiger partial charge in [-0.2, -0.15) is 5.10 Å². The van der Waals surface area contributed by atoms with Gasteiger partial charge in [0.25, 0.3) is 0 Å². The Labute approximate surface area is 137 Å². The number of amides is 2. The van der Waals surface area contributed by atoms with E-state index >= 15 is 0 Å². The van der Waals surface area contributed by atoms with Gasteiger partial charge in [-0.15, -0.1) is 5.10 Å². The van der Waals surface area contributed by atoms with Crippen molar-refractivity contribution in [2.75, 3.05) is 11.1 Å². The lowest BCUT2D eigenvalue weighted by molar-refractivity contribution is -0.120. The van der Waals surface area contributed by atoms with Crippen LogP contribution >= 0.6 is 11.8 Å². The smallest absolute Gasteiger partial charge is 0.242 e.